The highest BCUT2D eigenvalue weighted by Gasteiger charge is 2.06. The second-order valence-electron chi connectivity index (χ2n) is 2.38. The molecule has 1 rings (SSSR count). The van der Waals surface area contributed by atoms with Crippen molar-refractivity contribution < 1.29 is 0 Å². The standard InChI is InChI=1S/C9H11NS/c1-3-7(2)6-9-8(10)4-5-11-9/h3-6,10H,1-2H3/b7-3-,9-6+,10-8?. The topological polar surface area (TPSA) is 23.9 Å². The lowest BCUT2D eigenvalue weighted by Crippen LogP contribution is -1.86. The molecule has 11 heavy (non-hydrogen) atoms. The summed E-state index contributed by atoms with van der Waals surface area (Å²) in [6.45, 7) is 4.04. The number of rotatable bonds is 1. The van der Waals surface area contributed by atoms with Crippen LogP contribution in [0.15, 0.2) is 34.1 Å². The number of hydrogen-bond acceptors (Lipinski definition) is 2. The lowest BCUT2D eigenvalue weighted by Gasteiger charge is -1.95. The van der Waals surface area contributed by atoms with Gasteiger partial charge in [0.2, 0.25) is 0 Å². The molecule has 1 aliphatic rings. The van der Waals surface area contributed by atoms with E-state index in [1.54, 1.807) is 11.8 Å². The predicted molar refractivity (Wildman–Crippen MR) is 52.0 cm³/mol. The van der Waals surface area contributed by atoms with Crippen LogP contribution in [0.2, 0.25) is 0 Å². The smallest absolute Gasteiger partial charge is 0.0684 e. The Bertz CT molecular complexity index is 259. The Morgan fingerprint density at radius 2 is 2.36 bits per heavy atom. The van der Waals surface area contributed by atoms with Gasteiger partial charge in [-0.25, -0.2) is 0 Å². The fraction of sp³-hybridized carbons (Fsp3) is 0.222. The molecule has 0 saturated heterocycles. The molecule has 0 spiro atoms. The van der Waals surface area contributed by atoms with Crippen LogP contribution in [0.5, 0.6) is 0 Å². The second kappa shape index (κ2) is 3.58. The first-order chi connectivity index (χ1) is 5.24. The first kappa shape index (κ1) is 8.34. The van der Waals surface area contributed by atoms with E-state index in [-0.39, 0.29) is 0 Å². The number of hydrogen-bond donors (Lipinski definition) is 1. The van der Waals surface area contributed by atoms with Crippen LogP contribution in [-0.4, -0.2) is 5.71 Å². The van der Waals surface area contributed by atoms with E-state index in [4.69, 9.17) is 5.41 Å². The maximum Gasteiger partial charge on any atom is 0.0684 e. The maximum absolute atomic E-state index is 7.47. The second-order valence-corrected chi connectivity index (χ2v) is 3.32. The van der Waals surface area contributed by atoms with Gasteiger partial charge in [0.1, 0.15) is 0 Å². The molecular formula is C9H11NS. The molecule has 0 radical (unpaired) electrons. The third-order valence-corrected chi connectivity index (χ3v) is 2.37. The molecule has 0 aromatic rings. The summed E-state index contributed by atoms with van der Waals surface area (Å²) in [4.78, 5) is 1.04. The summed E-state index contributed by atoms with van der Waals surface area (Å²) in [7, 11) is 0. The zero-order valence-electron chi connectivity index (χ0n) is 6.72. The summed E-state index contributed by atoms with van der Waals surface area (Å²) < 4.78 is 0. The zero-order valence-corrected chi connectivity index (χ0v) is 7.53. The van der Waals surface area contributed by atoms with E-state index in [2.05, 4.69) is 0 Å². The molecule has 58 valence electrons. The Morgan fingerprint density at radius 1 is 1.64 bits per heavy atom. The average Bonchev–Trinajstić information content (AvgIpc) is 2.37. The van der Waals surface area contributed by atoms with Gasteiger partial charge in [-0.3, -0.25) is 5.41 Å². The summed E-state index contributed by atoms with van der Waals surface area (Å²) >= 11 is 1.61. The number of allylic oxidation sites excluding steroid dienone is 5. The van der Waals surface area contributed by atoms with Gasteiger partial charge in [0.25, 0.3) is 0 Å². The molecule has 0 fully saturated rings. The van der Waals surface area contributed by atoms with Crippen molar-refractivity contribution in [2.45, 2.75) is 13.8 Å². The molecule has 0 aliphatic carbocycles. The van der Waals surface area contributed by atoms with Crippen LogP contribution in [0.25, 0.3) is 0 Å². The molecule has 0 amide bonds. The molecule has 0 atom stereocenters. The van der Waals surface area contributed by atoms with Crippen LogP contribution >= 0.6 is 11.8 Å². The number of nitrogens with one attached hydrogen (secondary N) is 1. The largest absolute Gasteiger partial charge is 0.300 e. The van der Waals surface area contributed by atoms with E-state index in [0.29, 0.717) is 5.71 Å². The Labute approximate surface area is 71.4 Å². The molecule has 1 nitrogen and oxygen atoms in total. The Balaban J connectivity index is 2.77. The lowest BCUT2D eigenvalue weighted by atomic mass is 10.2. The summed E-state index contributed by atoms with van der Waals surface area (Å²) in [6.07, 6.45) is 5.89. The Kier molecular flexibility index (Phi) is 2.71. The van der Waals surface area contributed by atoms with Crippen LogP contribution in [0.4, 0.5) is 0 Å². The summed E-state index contributed by atoms with van der Waals surface area (Å²) in [5.74, 6) is 0. The van der Waals surface area contributed by atoms with Gasteiger partial charge >= 0.3 is 0 Å². The molecule has 0 aromatic heterocycles. The quantitative estimate of drug-likeness (QED) is 0.634. The van der Waals surface area contributed by atoms with Gasteiger partial charge < -0.3 is 0 Å². The van der Waals surface area contributed by atoms with Gasteiger partial charge in [0, 0.05) is 4.91 Å². The first-order valence-electron chi connectivity index (χ1n) is 3.51. The van der Waals surface area contributed by atoms with Crippen molar-refractivity contribution in [3.05, 3.63) is 34.1 Å². The monoisotopic (exact) mass is 165 g/mol. The third-order valence-electron chi connectivity index (χ3n) is 1.51. The third kappa shape index (κ3) is 2.09. The predicted octanol–water partition coefficient (Wildman–Crippen LogP) is 3.12. The minimum Gasteiger partial charge on any atom is -0.300 e. The highest BCUT2D eigenvalue weighted by Crippen LogP contribution is 2.26. The molecule has 1 heterocycles. The van der Waals surface area contributed by atoms with Crippen LogP contribution in [0, 0.1) is 5.41 Å². The van der Waals surface area contributed by atoms with Gasteiger partial charge in [-0.2, -0.15) is 0 Å². The zero-order chi connectivity index (χ0) is 8.27. The molecule has 0 aromatic carbocycles. The van der Waals surface area contributed by atoms with Crippen LogP contribution in [0.3, 0.4) is 0 Å². The first-order valence-corrected chi connectivity index (χ1v) is 4.38. The SMILES string of the molecule is C/C=C(C)\C=C1\SC=CC1=N. The molecular weight excluding hydrogens is 154 g/mol. The minimum absolute atomic E-state index is 0.621. The van der Waals surface area contributed by atoms with E-state index in [9.17, 15) is 0 Å². The van der Waals surface area contributed by atoms with Gasteiger partial charge in [0.05, 0.1) is 5.71 Å². The molecule has 0 bridgehead atoms. The fourth-order valence-corrected chi connectivity index (χ4v) is 1.52. The van der Waals surface area contributed by atoms with Crippen molar-refractivity contribution in [3.63, 3.8) is 0 Å². The molecule has 0 unspecified atom stereocenters. The maximum atomic E-state index is 7.47. The van der Waals surface area contributed by atoms with Crippen LogP contribution in [0.1, 0.15) is 13.8 Å². The van der Waals surface area contributed by atoms with Crippen molar-refractivity contribution in [2.75, 3.05) is 0 Å². The van der Waals surface area contributed by atoms with Gasteiger partial charge in [-0.1, -0.05) is 23.4 Å². The Morgan fingerprint density at radius 3 is 2.82 bits per heavy atom. The molecule has 2 heteroatoms. The minimum atomic E-state index is 0.621. The summed E-state index contributed by atoms with van der Waals surface area (Å²) in [5.41, 5.74) is 1.83. The highest BCUT2D eigenvalue weighted by molar-refractivity contribution is 8.07. The molecule has 1 aliphatic heterocycles. The van der Waals surface area contributed by atoms with E-state index in [1.165, 1.54) is 5.57 Å². The number of thioether (sulfide) groups is 1. The summed E-state index contributed by atoms with van der Waals surface area (Å²) in [6, 6.07) is 0. The van der Waals surface area contributed by atoms with Crippen molar-refractivity contribution in [1.82, 2.24) is 0 Å². The van der Waals surface area contributed by atoms with Crippen molar-refractivity contribution >= 4 is 17.5 Å². The van der Waals surface area contributed by atoms with Crippen molar-refractivity contribution in [2.24, 2.45) is 0 Å². The van der Waals surface area contributed by atoms with Gasteiger partial charge in [-0.15, -0.1) is 0 Å². The lowest BCUT2D eigenvalue weighted by molar-refractivity contribution is 1.47. The van der Waals surface area contributed by atoms with Crippen molar-refractivity contribution in [3.8, 4) is 0 Å². The fourth-order valence-electron chi connectivity index (χ4n) is 0.723. The van der Waals surface area contributed by atoms with Crippen LogP contribution < -0.4 is 0 Å². The summed E-state index contributed by atoms with van der Waals surface area (Å²) in [5, 5.41) is 9.41. The van der Waals surface area contributed by atoms with Crippen LogP contribution in [-0.2, 0) is 0 Å². The highest BCUT2D eigenvalue weighted by atomic mass is 32.2. The van der Waals surface area contributed by atoms with Gasteiger partial charge in [-0.05, 0) is 31.4 Å². The normalized spacial score (nSPS) is 21.8. The van der Waals surface area contributed by atoms with E-state index < -0.39 is 0 Å². The van der Waals surface area contributed by atoms with E-state index in [1.807, 2.05) is 37.5 Å². The van der Waals surface area contributed by atoms with E-state index >= 15 is 0 Å². The van der Waals surface area contributed by atoms with Gasteiger partial charge in [0.15, 0.2) is 0 Å². The average molecular weight is 165 g/mol. The Hall–Kier alpha value is -0.760. The molecule has 1 N–H and O–H groups in total. The van der Waals surface area contributed by atoms with Crippen molar-refractivity contribution in [1.29, 1.82) is 5.41 Å². The molecule has 0 saturated carbocycles. The van der Waals surface area contributed by atoms with E-state index in [0.717, 1.165) is 4.91 Å².